The maximum atomic E-state index is 13.8. The minimum atomic E-state index is -5.98. The van der Waals surface area contributed by atoms with E-state index in [9.17, 15) is 57.9 Å². The monoisotopic (exact) mass is 1210 g/mol. The number of esters is 1. The number of ether oxygens (including phenoxy) is 1. The number of hydrogen-bond donors (Lipinski definition) is 0. The normalized spacial score (nSPS) is 25.4. The lowest BCUT2D eigenvalue weighted by Gasteiger charge is -2.54. The molecule has 8 aliphatic rings. The molecule has 7 nitrogen and oxygen atoms in total. The fraction of sp³-hybridized carbons (Fsp3) is 0.578. The van der Waals surface area contributed by atoms with Gasteiger partial charge in [0.15, 0.2) is 19.4 Å². The minimum absolute atomic E-state index is 0.0146. The highest BCUT2D eigenvalue weighted by Gasteiger charge is 2.76. The molecule has 8 fully saturated rings. The van der Waals surface area contributed by atoms with Gasteiger partial charge in [-0.1, -0.05) is 117 Å². The van der Waals surface area contributed by atoms with Gasteiger partial charge in [0.1, 0.15) is 22.9 Å². The zero-order valence-corrected chi connectivity index (χ0v) is 49.9. The number of benzene rings is 4. The predicted molar refractivity (Wildman–Crippen MR) is 308 cm³/mol. The van der Waals surface area contributed by atoms with Gasteiger partial charge in [-0.15, -0.1) is 0 Å². The molecule has 2 aliphatic heterocycles. The lowest BCUT2D eigenvalue weighted by Crippen LogP contribution is -2.61. The first-order valence-corrected chi connectivity index (χ1v) is 33.4. The molecule has 0 amide bonds. The molecule has 4 atom stereocenters. The molecule has 448 valence electrons. The highest BCUT2D eigenvalue weighted by molar-refractivity contribution is 7.99. The van der Waals surface area contributed by atoms with Crippen molar-refractivity contribution in [1.82, 2.24) is 4.31 Å². The van der Waals surface area contributed by atoms with Crippen molar-refractivity contribution in [2.75, 3.05) is 24.6 Å². The second-order valence-corrected chi connectivity index (χ2v) is 31.1. The molecule has 6 saturated carbocycles. The summed E-state index contributed by atoms with van der Waals surface area (Å²) in [6, 6.07) is 40.8. The number of Topliss-reactive ketones (excluding diaryl/α,β-unsaturated/α-hetero) is 2. The number of carbonyl (C=O) groups is 3. The summed E-state index contributed by atoms with van der Waals surface area (Å²) in [6.45, 7) is 3.82. The van der Waals surface area contributed by atoms with E-state index in [1.807, 2.05) is 0 Å². The molecule has 0 aromatic heterocycles. The van der Waals surface area contributed by atoms with E-state index in [4.69, 9.17) is 4.74 Å². The van der Waals surface area contributed by atoms with Gasteiger partial charge in [-0.25, -0.2) is 13.2 Å². The maximum Gasteiger partial charge on any atom is 0.427 e. The Kier molecular flexibility index (Phi) is 20.3. The molecule has 4 bridgehead atoms. The number of nitrogens with zero attached hydrogens (tertiary/aromatic N) is 1. The van der Waals surface area contributed by atoms with E-state index in [0.717, 1.165) is 43.6 Å². The van der Waals surface area contributed by atoms with Crippen molar-refractivity contribution in [1.29, 1.82) is 0 Å². The predicted octanol–water partition coefficient (Wildman–Crippen LogP) is 15.9. The Labute approximate surface area is 485 Å². The van der Waals surface area contributed by atoms with E-state index >= 15 is 0 Å². The van der Waals surface area contributed by atoms with Crippen LogP contribution in [0.15, 0.2) is 130 Å². The summed E-state index contributed by atoms with van der Waals surface area (Å²) in [7, 11) is -5.62. The van der Waals surface area contributed by atoms with Gasteiger partial charge < -0.3 is 4.74 Å². The van der Waals surface area contributed by atoms with Crippen LogP contribution in [0.2, 0.25) is 0 Å². The number of carbonyl (C=O) groups excluding carboxylic acids is 3. The number of halogens is 8. The standard InChI is InChI=1S/C20H29OS.C18H15S.C13H19F6NO2S.C13H16F2O3/c1-20(2,22-14-6-7-15-22)19(21)18-12-10-17(11-13-18)16-8-4-3-5-9-16;1-4-10-16(11-5-1)19(17-12-6-2-7-13-17)18-14-8-3-9-15-18;1-11(14,15)12(16,17)13(18,19)23(21,22)20-7-6-9-4-2-3-5-10(9)8-20;1-12(14,15)11(17)18-13-4-7-2-8(5-13)10(16)9(3-7)6-13/h10-13,16H,3-9,14-15H2,1-2H3;1-15H;9-10H,2-8H2,1H3;7-9H,2-6H2,1H3/q2*+1;;. The van der Waals surface area contributed by atoms with E-state index in [0.29, 0.717) is 44.3 Å². The van der Waals surface area contributed by atoms with Crippen LogP contribution in [-0.2, 0) is 46.1 Å². The Morgan fingerprint density at radius 3 is 1.55 bits per heavy atom. The van der Waals surface area contributed by atoms with Gasteiger partial charge in [-0.2, -0.15) is 39.4 Å². The highest BCUT2D eigenvalue weighted by Crippen LogP contribution is 2.56. The Morgan fingerprint density at radius 2 is 1.07 bits per heavy atom. The molecule has 4 aromatic carbocycles. The molecule has 4 aromatic rings. The summed E-state index contributed by atoms with van der Waals surface area (Å²) in [6.07, 6.45) is 16.1. The van der Waals surface area contributed by atoms with Crippen molar-refractivity contribution in [3.8, 4) is 0 Å². The van der Waals surface area contributed by atoms with Crippen molar-refractivity contribution in [3.05, 3.63) is 126 Å². The SMILES string of the molecule is CC(C)(C(=O)c1ccc(C2CCCCC2)cc1)[S+]1CCCC1.CC(F)(F)C(=O)OC12CC3CC(C1)C(=O)C(C3)C2.CC(F)(F)C(F)(F)C(F)(F)S(=O)(=O)N1CCC2CCCCC2C1.c1ccc([S+](c2ccccc2)c2ccccc2)cc1. The van der Waals surface area contributed by atoms with Crippen LogP contribution >= 0.6 is 0 Å². The first-order valence-electron chi connectivity index (χ1n) is 29.1. The van der Waals surface area contributed by atoms with Crippen LogP contribution in [0, 0.1) is 29.6 Å². The van der Waals surface area contributed by atoms with Gasteiger partial charge in [-0.3, -0.25) is 9.59 Å². The highest BCUT2D eigenvalue weighted by atomic mass is 32.2. The number of sulfonamides is 1. The number of alkyl halides is 8. The molecule has 12 rings (SSSR count). The molecule has 18 heteroatoms. The van der Waals surface area contributed by atoms with Crippen molar-refractivity contribution in [2.45, 2.75) is 191 Å². The molecule has 82 heavy (non-hydrogen) atoms. The summed E-state index contributed by atoms with van der Waals surface area (Å²) >= 11 is 0. The fourth-order valence-corrected chi connectivity index (χ4v) is 19.9. The zero-order valence-electron chi connectivity index (χ0n) is 47.4. The van der Waals surface area contributed by atoms with Crippen molar-refractivity contribution >= 4 is 49.3 Å². The fourth-order valence-electron chi connectivity index (χ4n) is 13.5. The average Bonchev–Trinajstić information content (AvgIpc) is 3.51. The summed E-state index contributed by atoms with van der Waals surface area (Å²) in [5.41, 5.74) is 1.57. The van der Waals surface area contributed by atoms with Crippen molar-refractivity contribution in [3.63, 3.8) is 0 Å². The summed E-state index contributed by atoms with van der Waals surface area (Å²) in [4.78, 5) is 40.3. The third-order valence-electron chi connectivity index (χ3n) is 17.9. The van der Waals surface area contributed by atoms with Crippen LogP contribution in [0.25, 0.3) is 0 Å². The Morgan fingerprint density at radius 1 is 0.598 bits per heavy atom. The van der Waals surface area contributed by atoms with Crippen molar-refractivity contribution in [2.24, 2.45) is 29.6 Å². The Bertz CT molecular complexity index is 2760. The average molecular weight is 1210 g/mol. The van der Waals surface area contributed by atoms with Crippen LogP contribution in [-0.4, -0.2) is 88.2 Å². The second kappa shape index (κ2) is 26.2. The molecule has 2 heterocycles. The molecule has 2 saturated heterocycles. The van der Waals surface area contributed by atoms with Crippen LogP contribution in [0.3, 0.4) is 0 Å². The van der Waals surface area contributed by atoms with E-state index < -0.39 is 51.5 Å². The quantitative estimate of drug-likeness (QED) is 0.0572. The molecule has 4 unspecified atom stereocenters. The Hall–Kier alpha value is -4.26. The van der Waals surface area contributed by atoms with Gasteiger partial charge >= 0.3 is 29.0 Å². The zero-order chi connectivity index (χ0) is 59.3. The second-order valence-electron chi connectivity index (χ2n) is 24.3. The van der Waals surface area contributed by atoms with E-state index in [1.54, 1.807) is 0 Å². The number of rotatable bonds is 13. The maximum absolute atomic E-state index is 13.8. The van der Waals surface area contributed by atoms with Gasteiger partial charge in [0.2, 0.25) is 5.78 Å². The summed E-state index contributed by atoms with van der Waals surface area (Å²) in [5, 5.41) is -5.86. The van der Waals surface area contributed by atoms with E-state index in [2.05, 4.69) is 129 Å². The van der Waals surface area contributed by atoms with Gasteiger partial charge in [0, 0.05) is 55.2 Å². The van der Waals surface area contributed by atoms with Gasteiger partial charge in [0.25, 0.3) is 10.0 Å². The van der Waals surface area contributed by atoms with E-state index in [1.165, 1.54) is 76.7 Å². The van der Waals surface area contributed by atoms with Gasteiger partial charge in [0.05, 0.1) is 10.9 Å². The van der Waals surface area contributed by atoms with Gasteiger partial charge in [-0.05, 0) is 150 Å². The molecule has 0 radical (unpaired) electrons. The van der Waals surface area contributed by atoms with Crippen LogP contribution in [0.4, 0.5) is 35.1 Å². The van der Waals surface area contributed by atoms with Crippen LogP contribution < -0.4 is 0 Å². The number of hydrogen-bond acceptors (Lipinski definition) is 6. The largest absolute Gasteiger partial charge is 0.455 e. The number of fused-ring (bicyclic) bond motifs is 1. The Balaban J connectivity index is 0.000000144. The topological polar surface area (TPSA) is 97.8 Å². The third kappa shape index (κ3) is 14.3. The third-order valence-corrected chi connectivity index (χ3v) is 25.3. The van der Waals surface area contributed by atoms with Crippen LogP contribution in [0.5, 0.6) is 0 Å². The van der Waals surface area contributed by atoms with Crippen LogP contribution in [0.1, 0.15) is 159 Å². The number of ketones is 2. The molecular weight excluding hydrogens is 1130 g/mol. The lowest BCUT2D eigenvalue weighted by molar-refractivity contribution is -0.272. The number of piperidine rings is 1. The molecular formula is C64H79F8NO6S3+2. The first kappa shape index (κ1) is 63.8. The molecule has 0 N–H and O–H groups in total. The summed E-state index contributed by atoms with van der Waals surface area (Å²) < 4.78 is 135. The molecule has 6 aliphatic carbocycles. The summed E-state index contributed by atoms with van der Waals surface area (Å²) in [5.74, 6) is -12.0. The first-order chi connectivity index (χ1) is 38.6. The minimum Gasteiger partial charge on any atom is -0.455 e. The van der Waals surface area contributed by atoms with Crippen molar-refractivity contribution < 1.29 is 62.7 Å². The lowest BCUT2D eigenvalue weighted by atomic mass is 9.53. The molecule has 0 spiro atoms. The smallest absolute Gasteiger partial charge is 0.427 e. The van der Waals surface area contributed by atoms with E-state index in [-0.39, 0.29) is 79.8 Å².